The summed E-state index contributed by atoms with van der Waals surface area (Å²) in [6.45, 7) is 0. The molecule has 1 atom stereocenters. The maximum absolute atomic E-state index is 11.9. The molecule has 2 aromatic rings. The van der Waals surface area contributed by atoms with Crippen LogP contribution in [0.1, 0.15) is 22.1 Å². The second-order valence-corrected chi connectivity index (χ2v) is 3.84. The number of hydrogen-bond donors (Lipinski definition) is 1. The summed E-state index contributed by atoms with van der Waals surface area (Å²) in [5, 5.41) is 11.8. The monoisotopic (exact) mass is 240 g/mol. The third kappa shape index (κ3) is 2.38. The van der Waals surface area contributed by atoms with Gasteiger partial charge in [0.15, 0.2) is 0 Å². The molecule has 1 unspecified atom stereocenters. The van der Waals surface area contributed by atoms with E-state index in [1.54, 1.807) is 30.1 Å². The standard InChI is InChI=1S/C13H12N4O/c1-17-9-15-8-12(17)13(18)16-11(7-14)10-5-3-2-4-6-10/h2-6,8-9,11H,1H3,(H,16,18). The van der Waals surface area contributed by atoms with Gasteiger partial charge < -0.3 is 9.88 Å². The lowest BCUT2D eigenvalue weighted by Crippen LogP contribution is -2.29. The molecule has 90 valence electrons. The SMILES string of the molecule is Cn1cncc1C(=O)NC(C#N)c1ccccc1. The number of hydrogen-bond acceptors (Lipinski definition) is 3. The van der Waals surface area contributed by atoms with Crippen molar-refractivity contribution in [1.29, 1.82) is 5.26 Å². The molecule has 2 rings (SSSR count). The summed E-state index contributed by atoms with van der Waals surface area (Å²) in [6, 6.07) is 10.5. The molecule has 1 aromatic carbocycles. The molecule has 1 N–H and O–H groups in total. The van der Waals surface area contributed by atoms with E-state index in [9.17, 15) is 4.79 Å². The van der Waals surface area contributed by atoms with Crippen LogP contribution in [0.5, 0.6) is 0 Å². The lowest BCUT2D eigenvalue weighted by atomic mass is 10.1. The topological polar surface area (TPSA) is 70.7 Å². The van der Waals surface area contributed by atoms with Gasteiger partial charge in [0.1, 0.15) is 11.7 Å². The minimum Gasteiger partial charge on any atom is -0.331 e. The van der Waals surface area contributed by atoms with E-state index in [4.69, 9.17) is 5.26 Å². The number of carbonyl (C=O) groups is 1. The first-order valence-corrected chi connectivity index (χ1v) is 5.44. The number of carbonyl (C=O) groups excluding carboxylic acids is 1. The van der Waals surface area contributed by atoms with E-state index in [0.29, 0.717) is 5.69 Å². The summed E-state index contributed by atoms with van der Waals surface area (Å²) in [7, 11) is 1.73. The lowest BCUT2D eigenvalue weighted by Gasteiger charge is -2.11. The van der Waals surface area contributed by atoms with E-state index in [2.05, 4.69) is 16.4 Å². The van der Waals surface area contributed by atoms with Crippen LogP contribution < -0.4 is 5.32 Å². The van der Waals surface area contributed by atoms with Gasteiger partial charge in [-0.05, 0) is 5.56 Å². The fraction of sp³-hybridized carbons (Fsp3) is 0.154. The Labute approximate surface area is 105 Å². The summed E-state index contributed by atoms with van der Waals surface area (Å²) in [6.07, 6.45) is 3.01. The van der Waals surface area contributed by atoms with Gasteiger partial charge in [0.05, 0.1) is 18.6 Å². The molecule has 1 heterocycles. The van der Waals surface area contributed by atoms with Crippen molar-refractivity contribution < 1.29 is 4.79 Å². The molecule has 0 aliphatic carbocycles. The van der Waals surface area contributed by atoms with Gasteiger partial charge in [-0.15, -0.1) is 0 Å². The minimum absolute atomic E-state index is 0.314. The lowest BCUT2D eigenvalue weighted by molar-refractivity contribution is 0.0937. The zero-order valence-electron chi connectivity index (χ0n) is 9.87. The van der Waals surface area contributed by atoms with Gasteiger partial charge in [-0.25, -0.2) is 4.98 Å². The molecule has 0 radical (unpaired) electrons. The Balaban J connectivity index is 2.16. The number of nitriles is 1. The van der Waals surface area contributed by atoms with Crippen molar-refractivity contribution in [1.82, 2.24) is 14.9 Å². The van der Waals surface area contributed by atoms with Gasteiger partial charge in [-0.2, -0.15) is 5.26 Å². The number of aryl methyl sites for hydroxylation is 1. The first-order chi connectivity index (χ1) is 8.72. The quantitative estimate of drug-likeness (QED) is 0.881. The first-order valence-electron chi connectivity index (χ1n) is 5.44. The Morgan fingerprint density at radius 3 is 2.72 bits per heavy atom. The van der Waals surface area contributed by atoms with Crippen molar-refractivity contribution in [2.45, 2.75) is 6.04 Å². The zero-order chi connectivity index (χ0) is 13.0. The Morgan fingerprint density at radius 1 is 1.44 bits per heavy atom. The third-order valence-corrected chi connectivity index (χ3v) is 2.59. The Bertz CT molecular complexity index is 583. The van der Waals surface area contributed by atoms with Crippen LogP contribution in [0.4, 0.5) is 0 Å². The molecule has 0 aliphatic rings. The van der Waals surface area contributed by atoms with Crippen LogP contribution in [0.15, 0.2) is 42.9 Å². The molecule has 0 saturated carbocycles. The predicted molar refractivity (Wildman–Crippen MR) is 65.5 cm³/mol. The largest absolute Gasteiger partial charge is 0.331 e. The summed E-state index contributed by atoms with van der Waals surface area (Å²) in [4.78, 5) is 15.8. The van der Waals surface area contributed by atoms with Crippen LogP contribution in [0.25, 0.3) is 0 Å². The number of benzene rings is 1. The number of rotatable bonds is 3. The number of aromatic nitrogens is 2. The Kier molecular flexibility index (Phi) is 3.39. The second kappa shape index (κ2) is 5.15. The molecule has 0 fully saturated rings. The number of nitrogens with zero attached hydrogens (tertiary/aromatic N) is 3. The van der Waals surface area contributed by atoms with Crippen LogP contribution in [0.2, 0.25) is 0 Å². The Hall–Kier alpha value is -2.61. The number of amides is 1. The summed E-state index contributed by atoms with van der Waals surface area (Å²) in [5.41, 5.74) is 1.18. The molecule has 0 aliphatic heterocycles. The summed E-state index contributed by atoms with van der Waals surface area (Å²) in [5.74, 6) is -0.314. The highest BCUT2D eigenvalue weighted by atomic mass is 16.2. The van der Waals surface area contributed by atoms with E-state index in [1.807, 2.05) is 18.2 Å². The molecule has 5 heteroatoms. The van der Waals surface area contributed by atoms with Crippen molar-refractivity contribution >= 4 is 5.91 Å². The fourth-order valence-corrected chi connectivity index (χ4v) is 1.62. The number of nitrogens with one attached hydrogen (secondary N) is 1. The van der Waals surface area contributed by atoms with Gasteiger partial charge in [-0.1, -0.05) is 30.3 Å². The van der Waals surface area contributed by atoms with E-state index in [1.165, 1.54) is 6.20 Å². The summed E-state index contributed by atoms with van der Waals surface area (Å²) >= 11 is 0. The molecule has 5 nitrogen and oxygen atoms in total. The van der Waals surface area contributed by atoms with Crippen molar-refractivity contribution in [3.05, 3.63) is 54.1 Å². The van der Waals surface area contributed by atoms with Crippen molar-refractivity contribution in [2.75, 3.05) is 0 Å². The normalized spacial score (nSPS) is 11.6. The van der Waals surface area contributed by atoms with Crippen LogP contribution in [0.3, 0.4) is 0 Å². The maximum atomic E-state index is 11.9. The highest BCUT2D eigenvalue weighted by Crippen LogP contribution is 2.12. The van der Waals surface area contributed by atoms with Crippen molar-refractivity contribution in [3.63, 3.8) is 0 Å². The van der Waals surface area contributed by atoms with Crippen LogP contribution in [-0.4, -0.2) is 15.5 Å². The third-order valence-electron chi connectivity index (χ3n) is 2.59. The first kappa shape index (κ1) is 11.9. The molecule has 0 spiro atoms. The average molecular weight is 240 g/mol. The van der Waals surface area contributed by atoms with Crippen molar-refractivity contribution in [3.8, 4) is 6.07 Å². The molecular formula is C13H12N4O. The highest BCUT2D eigenvalue weighted by Gasteiger charge is 2.16. The van der Waals surface area contributed by atoms with Crippen LogP contribution >= 0.6 is 0 Å². The van der Waals surface area contributed by atoms with Gasteiger partial charge in [0.2, 0.25) is 0 Å². The van der Waals surface area contributed by atoms with Gasteiger partial charge in [0.25, 0.3) is 5.91 Å². The minimum atomic E-state index is -0.659. The second-order valence-electron chi connectivity index (χ2n) is 3.84. The molecular weight excluding hydrogens is 228 g/mol. The van der Waals surface area contributed by atoms with E-state index < -0.39 is 6.04 Å². The molecule has 1 aromatic heterocycles. The molecule has 0 bridgehead atoms. The molecule has 18 heavy (non-hydrogen) atoms. The van der Waals surface area contributed by atoms with E-state index >= 15 is 0 Å². The molecule has 0 saturated heterocycles. The number of imidazole rings is 1. The predicted octanol–water partition coefficient (Wildman–Crippen LogP) is 1.41. The van der Waals surface area contributed by atoms with Gasteiger partial charge >= 0.3 is 0 Å². The van der Waals surface area contributed by atoms with Crippen molar-refractivity contribution in [2.24, 2.45) is 7.05 Å². The highest BCUT2D eigenvalue weighted by molar-refractivity contribution is 5.92. The Morgan fingerprint density at radius 2 is 2.17 bits per heavy atom. The van der Waals surface area contributed by atoms with E-state index in [0.717, 1.165) is 5.56 Å². The maximum Gasteiger partial charge on any atom is 0.270 e. The van der Waals surface area contributed by atoms with Crippen LogP contribution in [-0.2, 0) is 7.05 Å². The smallest absolute Gasteiger partial charge is 0.270 e. The van der Waals surface area contributed by atoms with Gasteiger partial charge in [0, 0.05) is 7.05 Å². The average Bonchev–Trinajstić information content (AvgIpc) is 2.83. The summed E-state index contributed by atoms with van der Waals surface area (Å²) < 4.78 is 1.61. The zero-order valence-corrected chi connectivity index (χ0v) is 9.87. The fourth-order valence-electron chi connectivity index (χ4n) is 1.62. The van der Waals surface area contributed by atoms with Gasteiger partial charge in [-0.3, -0.25) is 4.79 Å². The van der Waals surface area contributed by atoms with Crippen LogP contribution in [0, 0.1) is 11.3 Å². The van der Waals surface area contributed by atoms with E-state index in [-0.39, 0.29) is 5.91 Å². The molecule has 1 amide bonds.